The number of pyridine rings is 2. The number of benzene rings is 1. The highest BCUT2D eigenvalue weighted by molar-refractivity contribution is 6.02. The Bertz CT molecular complexity index is 1850. The summed E-state index contributed by atoms with van der Waals surface area (Å²) in [6.07, 6.45) is 7.67. The normalized spacial score (nSPS) is 11.4. The van der Waals surface area contributed by atoms with Crippen LogP contribution in [0.3, 0.4) is 0 Å². The van der Waals surface area contributed by atoms with E-state index >= 15 is 0 Å². The molecule has 0 saturated carbocycles. The molecule has 1 amide bonds. The van der Waals surface area contributed by atoms with Crippen molar-refractivity contribution in [3.8, 4) is 23.0 Å². The van der Waals surface area contributed by atoms with E-state index in [1.807, 2.05) is 73.7 Å². The molecular formula is C30H26N8O2. The van der Waals surface area contributed by atoms with Crippen molar-refractivity contribution in [1.82, 2.24) is 24.1 Å². The van der Waals surface area contributed by atoms with E-state index < -0.39 is 5.91 Å². The summed E-state index contributed by atoms with van der Waals surface area (Å²) in [4.78, 5) is 33.1. The number of carbonyl (C=O) groups is 1. The fraction of sp³-hybridized carbons (Fsp3) is 0.100. The van der Waals surface area contributed by atoms with Crippen LogP contribution in [0, 0.1) is 11.8 Å². The maximum atomic E-state index is 13.4. The summed E-state index contributed by atoms with van der Waals surface area (Å²) >= 11 is 0. The first-order valence-electron chi connectivity index (χ1n) is 12.6. The van der Waals surface area contributed by atoms with Crippen LogP contribution in [-0.4, -0.2) is 36.6 Å². The van der Waals surface area contributed by atoms with E-state index in [1.54, 1.807) is 23.0 Å². The minimum absolute atomic E-state index is 0.0947. The van der Waals surface area contributed by atoms with Crippen molar-refractivity contribution in [2.24, 2.45) is 5.73 Å². The fourth-order valence-electron chi connectivity index (χ4n) is 4.33. The molecule has 5 aromatic rings. The van der Waals surface area contributed by atoms with Gasteiger partial charge in [-0.2, -0.15) is 0 Å². The molecule has 10 nitrogen and oxygen atoms in total. The number of nitrogen functional groups attached to an aromatic ring is 1. The predicted molar refractivity (Wildman–Crippen MR) is 155 cm³/mol. The molecule has 5 N–H and O–H groups in total. The van der Waals surface area contributed by atoms with Crippen molar-refractivity contribution in [1.29, 1.82) is 0 Å². The number of aromatic nitrogens is 5. The number of nitrogens with two attached hydrogens (primary N) is 2. The van der Waals surface area contributed by atoms with Gasteiger partial charge >= 0.3 is 0 Å². The van der Waals surface area contributed by atoms with Gasteiger partial charge in [0.05, 0.1) is 11.3 Å². The highest BCUT2D eigenvalue weighted by Crippen LogP contribution is 2.23. The SMILES string of the molecule is CCc1nc2cccc(C#Cc3ccncc3)n2c(=O)c1-c1ccccc1.NC(=O)c1c(N)nn2c1NCC=C2. The molecule has 5 heterocycles. The Hall–Kier alpha value is -5.69. The molecule has 0 bridgehead atoms. The minimum Gasteiger partial charge on any atom is -0.381 e. The number of rotatable bonds is 3. The van der Waals surface area contributed by atoms with Crippen LogP contribution in [0.15, 0.2) is 83.9 Å². The average Bonchev–Trinajstić information content (AvgIpc) is 3.33. The van der Waals surface area contributed by atoms with E-state index in [4.69, 9.17) is 16.5 Å². The monoisotopic (exact) mass is 530 g/mol. The number of nitrogens with zero attached hydrogens (tertiary/aromatic N) is 5. The number of fused-ring (bicyclic) bond motifs is 2. The molecule has 0 unspecified atom stereocenters. The van der Waals surface area contributed by atoms with Gasteiger partial charge in [0, 0.05) is 30.7 Å². The molecule has 10 heteroatoms. The van der Waals surface area contributed by atoms with Gasteiger partial charge in [0.2, 0.25) is 0 Å². The summed E-state index contributed by atoms with van der Waals surface area (Å²) < 4.78 is 3.09. The van der Waals surface area contributed by atoms with Crippen LogP contribution in [-0.2, 0) is 6.42 Å². The van der Waals surface area contributed by atoms with Crippen LogP contribution >= 0.6 is 0 Å². The molecule has 1 aromatic carbocycles. The zero-order valence-electron chi connectivity index (χ0n) is 21.7. The van der Waals surface area contributed by atoms with Gasteiger partial charge in [-0.3, -0.25) is 19.0 Å². The third-order valence-electron chi connectivity index (χ3n) is 6.15. The molecule has 0 fully saturated rings. The molecular weight excluding hydrogens is 504 g/mol. The minimum atomic E-state index is -0.568. The molecule has 0 radical (unpaired) electrons. The molecule has 40 heavy (non-hydrogen) atoms. The number of hydrogen-bond donors (Lipinski definition) is 3. The van der Waals surface area contributed by atoms with E-state index in [9.17, 15) is 9.59 Å². The van der Waals surface area contributed by atoms with Crippen molar-refractivity contribution in [3.05, 3.63) is 112 Å². The number of nitrogens with one attached hydrogen (secondary N) is 1. The van der Waals surface area contributed by atoms with E-state index in [2.05, 4.69) is 27.2 Å². The summed E-state index contributed by atoms with van der Waals surface area (Å²) in [5, 5.41) is 6.88. The van der Waals surface area contributed by atoms with Gasteiger partial charge in [-0.15, -0.1) is 5.10 Å². The zero-order chi connectivity index (χ0) is 28.1. The van der Waals surface area contributed by atoms with Crippen molar-refractivity contribution in [2.45, 2.75) is 13.3 Å². The van der Waals surface area contributed by atoms with Gasteiger partial charge < -0.3 is 16.8 Å². The lowest BCUT2D eigenvalue weighted by Crippen LogP contribution is -2.21. The Morgan fingerprint density at radius 2 is 1.82 bits per heavy atom. The second-order valence-electron chi connectivity index (χ2n) is 8.73. The number of amides is 1. The number of hydrogen-bond acceptors (Lipinski definition) is 7. The number of carbonyl (C=O) groups excluding carboxylic acids is 1. The third-order valence-corrected chi connectivity index (χ3v) is 6.15. The van der Waals surface area contributed by atoms with Crippen LogP contribution in [0.4, 0.5) is 11.6 Å². The highest BCUT2D eigenvalue weighted by Gasteiger charge is 2.20. The van der Waals surface area contributed by atoms with Crippen LogP contribution < -0.4 is 22.3 Å². The maximum absolute atomic E-state index is 13.4. The van der Waals surface area contributed by atoms with Crippen molar-refractivity contribution in [3.63, 3.8) is 0 Å². The summed E-state index contributed by atoms with van der Waals surface area (Å²) in [6.45, 7) is 2.66. The lowest BCUT2D eigenvalue weighted by molar-refractivity contribution is 0.100. The molecule has 4 aromatic heterocycles. The second kappa shape index (κ2) is 11.4. The van der Waals surface area contributed by atoms with E-state index in [0.717, 1.165) is 16.8 Å². The molecule has 1 aliphatic heterocycles. The van der Waals surface area contributed by atoms with Gasteiger partial charge in [0.15, 0.2) is 5.82 Å². The Kier molecular flexibility index (Phi) is 7.37. The van der Waals surface area contributed by atoms with Crippen LogP contribution in [0.25, 0.3) is 23.0 Å². The summed E-state index contributed by atoms with van der Waals surface area (Å²) in [6, 6.07) is 18.9. The van der Waals surface area contributed by atoms with Crippen LogP contribution in [0.2, 0.25) is 0 Å². The molecule has 1 aliphatic rings. The number of primary amides is 1. The lowest BCUT2D eigenvalue weighted by atomic mass is 10.0. The standard InChI is InChI=1S/C23H17N3O.C7H9N5O/c1-2-20-22(18-7-4-3-5-8-18)23(27)26-19(9-6-10-21(26)25-20)12-11-17-13-15-24-16-14-17;8-5-4(6(9)13)7-10-2-1-3-12(7)11-5/h3-10,13-16H,2H2,1H3;1,3,10H,2H2,(H2,8,11)(H2,9,13). The topological polar surface area (TPSA) is 146 Å². The van der Waals surface area contributed by atoms with Gasteiger partial charge in [-0.05, 0) is 48.2 Å². The lowest BCUT2D eigenvalue weighted by Gasteiger charge is -2.11. The Labute approximate surface area is 230 Å². The molecule has 0 spiro atoms. The highest BCUT2D eigenvalue weighted by atomic mass is 16.1. The van der Waals surface area contributed by atoms with Gasteiger partial charge in [-0.1, -0.05) is 49.2 Å². The smallest absolute Gasteiger partial charge is 0.267 e. The third kappa shape index (κ3) is 5.16. The first-order chi connectivity index (χ1) is 19.5. The predicted octanol–water partition coefficient (Wildman–Crippen LogP) is 3.18. The quantitative estimate of drug-likeness (QED) is 0.304. The molecule has 198 valence electrons. The number of aryl methyl sites for hydroxylation is 1. The summed E-state index contributed by atoms with van der Waals surface area (Å²) in [7, 11) is 0. The van der Waals surface area contributed by atoms with Crippen molar-refractivity contribution < 1.29 is 4.79 Å². The maximum Gasteiger partial charge on any atom is 0.267 e. The zero-order valence-corrected chi connectivity index (χ0v) is 21.7. The van der Waals surface area contributed by atoms with Crippen molar-refractivity contribution >= 4 is 29.4 Å². The summed E-state index contributed by atoms with van der Waals surface area (Å²) in [5.74, 6) is 6.35. The summed E-state index contributed by atoms with van der Waals surface area (Å²) in [5.41, 5.74) is 15.2. The second-order valence-corrected chi connectivity index (χ2v) is 8.73. The average molecular weight is 531 g/mol. The van der Waals surface area contributed by atoms with E-state index in [0.29, 0.717) is 35.7 Å². The first-order valence-corrected chi connectivity index (χ1v) is 12.6. The van der Waals surface area contributed by atoms with E-state index in [1.165, 1.54) is 4.68 Å². The first kappa shape index (κ1) is 25.9. The van der Waals surface area contributed by atoms with Crippen molar-refractivity contribution in [2.75, 3.05) is 17.6 Å². The fourth-order valence-corrected chi connectivity index (χ4v) is 4.33. The van der Waals surface area contributed by atoms with Gasteiger partial charge in [-0.25, -0.2) is 9.67 Å². The molecule has 0 atom stereocenters. The number of anilines is 2. The molecule has 0 saturated heterocycles. The van der Waals surface area contributed by atoms with Crippen LogP contribution in [0.1, 0.15) is 34.2 Å². The molecule has 0 aliphatic carbocycles. The van der Waals surface area contributed by atoms with Gasteiger partial charge in [0.1, 0.15) is 22.7 Å². The van der Waals surface area contributed by atoms with E-state index in [-0.39, 0.29) is 16.9 Å². The largest absolute Gasteiger partial charge is 0.381 e. The Morgan fingerprint density at radius 3 is 2.55 bits per heavy atom. The Balaban J connectivity index is 0.000000207. The molecule has 6 rings (SSSR count). The Morgan fingerprint density at radius 1 is 1.05 bits per heavy atom. The van der Waals surface area contributed by atoms with Gasteiger partial charge in [0.25, 0.3) is 11.5 Å². The van der Waals surface area contributed by atoms with Crippen LogP contribution in [0.5, 0.6) is 0 Å².